The molecule has 1 fully saturated rings. The number of carbonyl (C=O) groups is 1. The molecule has 0 unspecified atom stereocenters. The Kier molecular flexibility index (Phi) is 4.92. The topological polar surface area (TPSA) is 64.3 Å². The number of hydrogen-bond donors (Lipinski definition) is 0. The Labute approximate surface area is 150 Å². The summed E-state index contributed by atoms with van der Waals surface area (Å²) in [6, 6.07) is 6.63. The highest BCUT2D eigenvalue weighted by atomic mass is 35.5. The number of aromatic nitrogens is 2. The van der Waals surface area contributed by atoms with Crippen LogP contribution in [-0.4, -0.2) is 32.9 Å². The van der Waals surface area contributed by atoms with E-state index in [4.69, 9.17) is 11.6 Å². The number of benzene rings is 1. The average Bonchev–Trinajstić information content (AvgIpc) is 3.11. The van der Waals surface area contributed by atoms with Crippen LogP contribution in [0.5, 0.6) is 0 Å². The zero-order chi connectivity index (χ0) is 18.1. The highest BCUT2D eigenvalue weighted by Crippen LogP contribution is 2.20. The van der Waals surface area contributed by atoms with Crippen LogP contribution in [0.25, 0.3) is 0 Å². The molecule has 1 aliphatic rings. The van der Waals surface area contributed by atoms with Gasteiger partial charge in [-0.1, -0.05) is 23.7 Å². The minimum atomic E-state index is -0.581. The second-order valence-corrected chi connectivity index (χ2v) is 6.73. The SMILES string of the molecule is Cn1c(CN2CCCC2)c(C(=O)c2ccccc2Cl)c(=O)n(C)c1=O. The summed E-state index contributed by atoms with van der Waals surface area (Å²) in [5.74, 6) is -0.448. The van der Waals surface area contributed by atoms with Crippen LogP contribution in [0.3, 0.4) is 0 Å². The molecule has 0 bridgehead atoms. The van der Waals surface area contributed by atoms with Gasteiger partial charge >= 0.3 is 5.69 Å². The second kappa shape index (κ2) is 6.98. The molecule has 6 nitrogen and oxygen atoms in total. The minimum Gasteiger partial charge on any atom is -0.299 e. The number of hydrogen-bond acceptors (Lipinski definition) is 4. The van der Waals surface area contributed by atoms with Gasteiger partial charge in [-0.25, -0.2) is 4.79 Å². The smallest absolute Gasteiger partial charge is 0.299 e. The van der Waals surface area contributed by atoms with Gasteiger partial charge in [0.15, 0.2) is 0 Å². The van der Waals surface area contributed by atoms with Crippen LogP contribution in [0.2, 0.25) is 5.02 Å². The summed E-state index contributed by atoms with van der Waals surface area (Å²) in [6.45, 7) is 2.18. The Morgan fingerprint density at radius 1 is 1.08 bits per heavy atom. The zero-order valence-electron chi connectivity index (χ0n) is 14.3. The van der Waals surface area contributed by atoms with Crippen LogP contribution >= 0.6 is 11.6 Å². The van der Waals surface area contributed by atoms with E-state index in [0.717, 1.165) is 30.5 Å². The van der Waals surface area contributed by atoms with Gasteiger partial charge in [0.2, 0.25) is 5.78 Å². The van der Waals surface area contributed by atoms with E-state index >= 15 is 0 Å². The first-order chi connectivity index (χ1) is 11.9. The molecule has 1 aliphatic heterocycles. The summed E-state index contributed by atoms with van der Waals surface area (Å²) >= 11 is 6.15. The molecule has 132 valence electrons. The third-order valence-corrected chi connectivity index (χ3v) is 5.03. The normalized spacial score (nSPS) is 14.8. The predicted octanol–water partition coefficient (Wildman–Crippen LogP) is 1.56. The van der Waals surface area contributed by atoms with E-state index in [1.54, 1.807) is 31.3 Å². The Hall–Kier alpha value is -2.18. The van der Waals surface area contributed by atoms with Gasteiger partial charge in [-0.05, 0) is 38.1 Å². The Bertz CT molecular complexity index is 940. The van der Waals surface area contributed by atoms with Gasteiger partial charge in [0.05, 0.1) is 10.7 Å². The van der Waals surface area contributed by atoms with Crippen molar-refractivity contribution in [2.75, 3.05) is 13.1 Å². The highest BCUT2D eigenvalue weighted by Gasteiger charge is 2.26. The molecule has 0 N–H and O–H groups in total. The summed E-state index contributed by atoms with van der Waals surface area (Å²) in [6.07, 6.45) is 2.15. The van der Waals surface area contributed by atoms with E-state index in [2.05, 4.69) is 4.90 Å². The van der Waals surface area contributed by atoms with Gasteiger partial charge in [0.25, 0.3) is 5.56 Å². The first-order valence-electron chi connectivity index (χ1n) is 8.22. The molecule has 1 aromatic carbocycles. The molecule has 0 aliphatic carbocycles. The van der Waals surface area contributed by atoms with E-state index in [-0.39, 0.29) is 16.1 Å². The largest absolute Gasteiger partial charge is 0.330 e. The first kappa shape index (κ1) is 17.6. The molecule has 1 aromatic heterocycles. The summed E-state index contributed by atoms with van der Waals surface area (Å²) < 4.78 is 2.36. The van der Waals surface area contributed by atoms with Crippen molar-refractivity contribution in [1.82, 2.24) is 14.0 Å². The lowest BCUT2D eigenvalue weighted by atomic mass is 10.0. The van der Waals surface area contributed by atoms with Crippen LogP contribution in [0.15, 0.2) is 33.9 Å². The van der Waals surface area contributed by atoms with Crippen LogP contribution in [0.4, 0.5) is 0 Å². The molecule has 0 saturated carbocycles. The zero-order valence-corrected chi connectivity index (χ0v) is 15.0. The Morgan fingerprint density at radius 2 is 1.72 bits per heavy atom. The lowest BCUT2D eigenvalue weighted by molar-refractivity contribution is 0.103. The van der Waals surface area contributed by atoms with Crippen LogP contribution < -0.4 is 11.2 Å². The van der Waals surface area contributed by atoms with Crippen molar-refractivity contribution in [2.45, 2.75) is 19.4 Å². The molecule has 2 heterocycles. The van der Waals surface area contributed by atoms with E-state index in [1.807, 2.05) is 0 Å². The second-order valence-electron chi connectivity index (χ2n) is 6.32. The quantitative estimate of drug-likeness (QED) is 0.775. The van der Waals surface area contributed by atoms with E-state index in [0.29, 0.717) is 12.2 Å². The molecule has 25 heavy (non-hydrogen) atoms. The van der Waals surface area contributed by atoms with Gasteiger partial charge in [0, 0.05) is 26.2 Å². The number of halogens is 1. The van der Waals surface area contributed by atoms with Crippen molar-refractivity contribution in [3.8, 4) is 0 Å². The summed E-state index contributed by atoms with van der Waals surface area (Å²) in [5, 5.41) is 0.288. The molecule has 3 rings (SSSR count). The van der Waals surface area contributed by atoms with Crippen molar-refractivity contribution in [3.05, 3.63) is 66.9 Å². The fraction of sp³-hybridized carbons (Fsp3) is 0.389. The molecule has 0 atom stereocenters. The van der Waals surface area contributed by atoms with Gasteiger partial charge < -0.3 is 0 Å². The van der Waals surface area contributed by atoms with Crippen molar-refractivity contribution in [1.29, 1.82) is 0 Å². The number of rotatable bonds is 4. The van der Waals surface area contributed by atoms with Crippen molar-refractivity contribution in [3.63, 3.8) is 0 Å². The molecule has 2 aromatic rings. The van der Waals surface area contributed by atoms with E-state index in [1.165, 1.54) is 11.6 Å². The number of nitrogens with zero attached hydrogens (tertiary/aromatic N) is 3. The van der Waals surface area contributed by atoms with Crippen molar-refractivity contribution in [2.24, 2.45) is 14.1 Å². The number of carbonyl (C=O) groups excluding carboxylic acids is 1. The number of ketones is 1. The molecular formula is C18H20ClN3O3. The third-order valence-electron chi connectivity index (χ3n) is 4.70. The molecule has 1 saturated heterocycles. The highest BCUT2D eigenvalue weighted by molar-refractivity contribution is 6.35. The monoisotopic (exact) mass is 361 g/mol. The first-order valence-corrected chi connectivity index (χ1v) is 8.60. The fourth-order valence-electron chi connectivity index (χ4n) is 3.23. The maximum atomic E-state index is 13.1. The molecule has 0 radical (unpaired) electrons. The van der Waals surface area contributed by atoms with E-state index in [9.17, 15) is 14.4 Å². The van der Waals surface area contributed by atoms with Gasteiger partial charge in [-0.2, -0.15) is 0 Å². The van der Waals surface area contributed by atoms with Gasteiger partial charge in [0.1, 0.15) is 5.56 Å². The molecular weight excluding hydrogens is 342 g/mol. The average molecular weight is 362 g/mol. The maximum Gasteiger partial charge on any atom is 0.330 e. The maximum absolute atomic E-state index is 13.1. The minimum absolute atomic E-state index is 0.0181. The van der Waals surface area contributed by atoms with Crippen LogP contribution in [0.1, 0.15) is 34.5 Å². The van der Waals surface area contributed by atoms with Gasteiger partial charge in [-0.15, -0.1) is 0 Å². The van der Waals surface area contributed by atoms with E-state index < -0.39 is 17.0 Å². The van der Waals surface area contributed by atoms with Crippen molar-refractivity contribution < 1.29 is 4.79 Å². The Balaban J connectivity index is 2.20. The predicted molar refractivity (Wildman–Crippen MR) is 96.3 cm³/mol. The summed E-state index contributed by atoms with van der Waals surface area (Å²) in [5.41, 5.74) is -0.288. The Morgan fingerprint density at radius 3 is 2.36 bits per heavy atom. The van der Waals surface area contributed by atoms with Gasteiger partial charge in [-0.3, -0.25) is 23.6 Å². The summed E-state index contributed by atoms with van der Waals surface area (Å²) in [4.78, 5) is 40.3. The molecule has 0 amide bonds. The third kappa shape index (κ3) is 3.19. The van der Waals surface area contributed by atoms with Crippen molar-refractivity contribution >= 4 is 17.4 Å². The fourth-order valence-corrected chi connectivity index (χ4v) is 3.45. The van der Waals surface area contributed by atoms with Crippen LogP contribution in [-0.2, 0) is 20.6 Å². The number of likely N-dealkylation sites (tertiary alicyclic amines) is 1. The lowest BCUT2D eigenvalue weighted by Crippen LogP contribution is -2.43. The van der Waals surface area contributed by atoms with Crippen LogP contribution in [0, 0.1) is 0 Å². The summed E-state index contributed by atoms with van der Waals surface area (Å²) in [7, 11) is 2.98. The molecule has 7 heteroatoms. The molecule has 0 spiro atoms. The lowest BCUT2D eigenvalue weighted by Gasteiger charge is -2.20. The standard InChI is InChI=1S/C18H20ClN3O3/c1-20-14(11-22-9-5-6-10-22)15(17(24)21(2)18(20)25)16(23)12-7-3-4-8-13(12)19/h3-4,7-8H,5-6,9-11H2,1-2H3.